The quantitative estimate of drug-likeness (QED) is 0.144. The molecule has 0 radical (unpaired) electrons. The number of benzene rings is 1. The molecule has 0 N–H and O–H groups in total. The van der Waals surface area contributed by atoms with E-state index in [1.165, 1.54) is 23.9 Å². The molecule has 0 atom stereocenters. The van der Waals surface area contributed by atoms with Gasteiger partial charge in [0.25, 0.3) is 0 Å². The van der Waals surface area contributed by atoms with Crippen molar-refractivity contribution in [3.05, 3.63) is 54.7 Å². The molecule has 1 aliphatic heterocycles. The number of methoxy groups -OCH3 is 1. The van der Waals surface area contributed by atoms with E-state index < -0.39 is 24.0 Å². The molecule has 224 valence electrons. The van der Waals surface area contributed by atoms with Crippen LogP contribution < -0.4 is 9.64 Å². The first-order valence-electron chi connectivity index (χ1n) is 13.9. The molecule has 42 heavy (non-hydrogen) atoms. The zero-order chi connectivity index (χ0) is 30.1. The van der Waals surface area contributed by atoms with Gasteiger partial charge < -0.3 is 14.4 Å². The topological polar surface area (TPSA) is 103 Å². The van der Waals surface area contributed by atoms with E-state index in [0.717, 1.165) is 28.3 Å². The van der Waals surface area contributed by atoms with Gasteiger partial charge in [-0.3, -0.25) is 0 Å². The molecule has 1 saturated heterocycles. The number of hydrogen-bond acceptors (Lipinski definition) is 8. The van der Waals surface area contributed by atoms with E-state index in [2.05, 4.69) is 34.5 Å². The van der Waals surface area contributed by atoms with Crippen molar-refractivity contribution < 1.29 is 22.3 Å². The Labute approximate surface area is 247 Å². The van der Waals surface area contributed by atoms with Gasteiger partial charge in [-0.1, -0.05) is 25.7 Å². The zero-order valence-electron chi connectivity index (χ0n) is 24.7. The van der Waals surface area contributed by atoms with Gasteiger partial charge in [0.05, 0.1) is 24.4 Å². The maximum absolute atomic E-state index is 14.9. The van der Waals surface area contributed by atoms with E-state index in [-0.39, 0.29) is 12.3 Å². The summed E-state index contributed by atoms with van der Waals surface area (Å²) in [6.45, 7) is 9.75. The number of halogens is 1. The highest BCUT2D eigenvalue weighted by Crippen LogP contribution is 2.37. The predicted molar refractivity (Wildman–Crippen MR) is 165 cm³/mol. The Bertz CT molecular complexity index is 1680. The second kappa shape index (κ2) is 12.1. The van der Waals surface area contributed by atoms with Crippen LogP contribution in [0.3, 0.4) is 0 Å². The van der Waals surface area contributed by atoms with E-state index in [1.807, 2.05) is 35.0 Å². The summed E-state index contributed by atoms with van der Waals surface area (Å²) in [7, 11) is -2.98. The van der Waals surface area contributed by atoms with E-state index in [1.54, 1.807) is 12.3 Å². The van der Waals surface area contributed by atoms with Gasteiger partial charge in [-0.05, 0) is 41.9 Å². The fourth-order valence-electron chi connectivity index (χ4n) is 5.01. The first-order valence-corrected chi connectivity index (χ1v) is 19.4. The van der Waals surface area contributed by atoms with Gasteiger partial charge in [0.1, 0.15) is 24.0 Å². The zero-order valence-corrected chi connectivity index (χ0v) is 26.5. The number of rotatable bonds is 10. The van der Waals surface area contributed by atoms with E-state index >= 15 is 0 Å². The monoisotopic (exact) mass is 612 g/mol. The Hall–Kier alpha value is -3.39. The molecule has 4 heterocycles. The largest absolute Gasteiger partial charge is 0.496 e. The normalized spacial score (nSPS) is 15.0. The summed E-state index contributed by atoms with van der Waals surface area (Å²) in [5.41, 5.74) is 3.31. The van der Waals surface area contributed by atoms with Crippen LogP contribution in [0.5, 0.6) is 5.75 Å². The molecule has 0 unspecified atom stereocenters. The van der Waals surface area contributed by atoms with Crippen molar-refractivity contribution in [3.63, 3.8) is 0 Å². The molecule has 0 spiro atoms. The van der Waals surface area contributed by atoms with Crippen LogP contribution >= 0.6 is 0 Å². The van der Waals surface area contributed by atoms with Crippen molar-refractivity contribution in [2.24, 2.45) is 0 Å². The first-order chi connectivity index (χ1) is 19.9. The number of pyridine rings is 2. The Morgan fingerprint density at radius 1 is 0.976 bits per heavy atom. The molecule has 3 aromatic heterocycles. The number of nitrogens with zero attached hydrogens (tertiary/aromatic N) is 6. The van der Waals surface area contributed by atoms with E-state index in [0.29, 0.717) is 49.8 Å². The standard InChI is InChI=1S/C29H37FN6O4SSi/c1-39-25-9-11-32-29(30)27(25)21-6-7-24-23(18-21)28(33-36(24)20-40-16-17-42(3,4)5)22-8-10-31-26(19-22)34-12-14-35(15-13-34)41(2,37)38/h6-11,18-19H,12-17,20H2,1-5H3. The Morgan fingerprint density at radius 3 is 2.40 bits per heavy atom. The molecule has 0 saturated carbocycles. The third-order valence-electron chi connectivity index (χ3n) is 7.39. The number of sulfonamides is 1. The fraction of sp³-hybridized carbons (Fsp3) is 0.414. The summed E-state index contributed by atoms with van der Waals surface area (Å²) < 4.78 is 53.7. The van der Waals surface area contributed by atoms with Gasteiger partial charge in [-0.25, -0.2) is 23.1 Å². The van der Waals surface area contributed by atoms with E-state index in [9.17, 15) is 12.8 Å². The smallest absolute Gasteiger partial charge is 0.224 e. The van der Waals surface area contributed by atoms with Crippen molar-refractivity contribution >= 4 is 34.8 Å². The molecular formula is C29H37FN6O4SSi. The van der Waals surface area contributed by atoms with Crippen molar-refractivity contribution in [2.75, 3.05) is 51.1 Å². The number of anilines is 1. The third-order valence-corrected chi connectivity index (χ3v) is 10.4. The second-order valence-corrected chi connectivity index (χ2v) is 19.3. The highest BCUT2D eigenvalue weighted by atomic mass is 32.2. The van der Waals surface area contributed by atoms with Gasteiger partial charge in [-0.15, -0.1) is 0 Å². The number of fused-ring (bicyclic) bond motifs is 1. The molecule has 4 aromatic rings. The SMILES string of the molecule is COc1ccnc(F)c1-c1ccc2c(c1)c(-c1ccnc(N3CCN(S(C)(=O)=O)CC3)c1)nn2COCC[Si](C)(C)C. The van der Waals surface area contributed by atoms with Crippen molar-refractivity contribution in [1.29, 1.82) is 0 Å². The lowest BCUT2D eigenvalue weighted by Crippen LogP contribution is -2.48. The van der Waals surface area contributed by atoms with Crippen molar-refractivity contribution in [1.82, 2.24) is 24.1 Å². The summed E-state index contributed by atoms with van der Waals surface area (Å²) in [4.78, 5) is 10.5. The molecule has 10 nitrogen and oxygen atoms in total. The van der Waals surface area contributed by atoms with Crippen LogP contribution in [0, 0.1) is 5.95 Å². The van der Waals surface area contributed by atoms with Crippen molar-refractivity contribution in [2.45, 2.75) is 32.4 Å². The van der Waals surface area contributed by atoms with Crippen LogP contribution in [0.1, 0.15) is 0 Å². The Balaban J connectivity index is 1.53. The summed E-state index contributed by atoms with van der Waals surface area (Å²) in [6, 6.07) is 12.2. The van der Waals surface area contributed by atoms with Crippen LogP contribution in [0.15, 0.2) is 48.8 Å². The first kappa shape index (κ1) is 30.1. The van der Waals surface area contributed by atoms with Crippen LogP contribution in [0.2, 0.25) is 25.7 Å². The lowest BCUT2D eigenvalue weighted by atomic mass is 10.0. The number of ether oxygens (including phenoxy) is 2. The number of hydrogen-bond donors (Lipinski definition) is 0. The molecule has 0 bridgehead atoms. The minimum absolute atomic E-state index is 0.283. The van der Waals surface area contributed by atoms with Crippen molar-refractivity contribution in [3.8, 4) is 28.1 Å². The molecule has 5 rings (SSSR count). The van der Waals surface area contributed by atoms with Crippen LogP contribution in [-0.4, -0.2) is 86.7 Å². The van der Waals surface area contributed by atoms with Gasteiger partial charge in [-0.2, -0.15) is 13.8 Å². The Kier molecular flexibility index (Phi) is 8.65. The molecule has 1 aliphatic rings. The molecule has 0 amide bonds. The molecule has 1 aromatic carbocycles. The lowest BCUT2D eigenvalue weighted by Gasteiger charge is -2.34. The summed E-state index contributed by atoms with van der Waals surface area (Å²) >= 11 is 0. The van der Waals surface area contributed by atoms with Crippen LogP contribution in [-0.2, 0) is 21.5 Å². The van der Waals surface area contributed by atoms with E-state index in [4.69, 9.17) is 14.6 Å². The molecular weight excluding hydrogens is 576 g/mol. The predicted octanol–water partition coefficient (Wildman–Crippen LogP) is 4.70. The molecule has 13 heteroatoms. The van der Waals surface area contributed by atoms with Gasteiger partial charge in [0.2, 0.25) is 16.0 Å². The minimum atomic E-state index is -3.23. The minimum Gasteiger partial charge on any atom is -0.496 e. The van der Waals surface area contributed by atoms with Gasteiger partial charge >= 0.3 is 0 Å². The third kappa shape index (κ3) is 6.64. The fourth-order valence-corrected chi connectivity index (χ4v) is 6.60. The summed E-state index contributed by atoms with van der Waals surface area (Å²) in [6.07, 6.45) is 4.35. The van der Waals surface area contributed by atoms with Crippen LogP contribution in [0.25, 0.3) is 33.3 Å². The summed E-state index contributed by atoms with van der Waals surface area (Å²) in [5, 5.41) is 5.78. The summed E-state index contributed by atoms with van der Waals surface area (Å²) in [5.74, 6) is 0.521. The average Bonchev–Trinajstić information content (AvgIpc) is 3.32. The highest BCUT2D eigenvalue weighted by Gasteiger charge is 2.25. The highest BCUT2D eigenvalue weighted by molar-refractivity contribution is 7.88. The maximum Gasteiger partial charge on any atom is 0.224 e. The van der Waals surface area contributed by atoms with Gasteiger partial charge in [0, 0.05) is 64.2 Å². The maximum atomic E-state index is 14.9. The molecule has 0 aliphatic carbocycles. The second-order valence-electron chi connectivity index (χ2n) is 11.7. The number of aromatic nitrogens is 4. The number of piperazine rings is 1. The van der Waals surface area contributed by atoms with Crippen LogP contribution in [0.4, 0.5) is 10.2 Å². The lowest BCUT2D eigenvalue weighted by molar-refractivity contribution is 0.0818. The average molecular weight is 613 g/mol. The Morgan fingerprint density at radius 2 is 1.71 bits per heavy atom. The molecule has 1 fully saturated rings. The van der Waals surface area contributed by atoms with Gasteiger partial charge in [0.15, 0.2) is 0 Å².